The fourth-order valence-electron chi connectivity index (χ4n) is 2.30. The number of benzene rings is 1. The molecule has 1 aromatic rings. The van der Waals surface area contributed by atoms with Gasteiger partial charge in [-0.2, -0.15) is 0 Å². The van der Waals surface area contributed by atoms with Crippen LogP contribution >= 0.6 is 0 Å². The SMILES string of the molecule is CCC(c1cccc(OC)c1)C(C)CNC. The first kappa shape index (κ1) is 13.0. The van der Waals surface area contributed by atoms with Gasteiger partial charge in [-0.3, -0.25) is 0 Å². The van der Waals surface area contributed by atoms with Gasteiger partial charge in [-0.1, -0.05) is 26.0 Å². The van der Waals surface area contributed by atoms with Gasteiger partial charge < -0.3 is 10.1 Å². The van der Waals surface area contributed by atoms with Crippen LogP contribution in [0.25, 0.3) is 0 Å². The quantitative estimate of drug-likeness (QED) is 0.797. The Kier molecular flexibility index (Phi) is 5.33. The Bertz CT molecular complexity index is 311. The van der Waals surface area contributed by atoms with E-state index < -0.39 is 0 Å². The molecule has 0 saturated heterocycles. The van der Waals surface area contributed by atoms with Crippen molar-refractivity contribution in [1.82, 2.24) is 5.32 Å². The van der Waals surface area contributed by atoms with Gasteiger partial charge in [0.25, 0.3) is 0 Å². The lowest BCUT2D eigenvalue weighted by molar-refractivity contribution is 0.407. The van der Waals surface area contributed by atoms with Crippen molar-refractivity contribution in [2.24, 2.45) is 5.92 Å². The zero-order valence-electron chi connectivity index (χ0n) is 10.8. The van der Waals surface area contributed by atoms with Gasteiger partial charge >= 0.3 is 0 Å². The number of hydrogen-bond acceptors (Lipinski definition) is 2. The maximum Gasteiger partial charge on any atom is 0.119 e. The lowest BCUT2D eigenvalue weighted by Crippen LogP contribution is -2.22. The maximum absolute atomic E-state index is 5.27. The molecule has 0 fully saturated rings. The van der Waals surface area contributed by atoms with Crippen molar-refractivity contribution in [2.45, 2.75) is 26.2 Å². The fourth-order valence-corrected chi connectivity index (χ4v) is 2.30. The van der Waals surface area contributed by atoms with Crippen molar-refractivity contribution < 1.29 is 4.74 Å². The van der Waals surface area contributed by atoms with E-state index in [2.05, 4.69) is 37.4 Å². The van der Waals surface area contributed by atoms with Gasteiger partial charge in [0.2, 0.25) is 0 Å². The Morgan fingerprint density at radius 3 is 2.69 bits per heavy atom. The van der Waals surface area contributed by atoms with Crippen LogP contribution in [-0.2, 0) is 0 Å². The van der Waals surface area contributed by atoms with Crippen LogP contribution in [0.3, 0.4) is 0 Å². The molecule has 2 nitrogen and oxygen atoms in total. The molecule has 1 N–H and O–H groups in total. The molecule has 0 amide bonds. The molecule has 0 radical (unpaired) electrons. The minimum Gasteiger partial charge on any atom is -0.497 e. The maximum atomic E-state index is 5.27. The van der Waals surface area contributed by atoms with E-state index in [1.807, 2.05) is 13.1 Å². The molecule has 0 aliphatic heterocycles. The highest BCUT2D eigenvalue weighted by Crippen LogP contribution is 2.29. The summed E-state index contributed by atoms with van der Waals surface area (Å²) in [6, 6.07) is 8.42. The molecule has 1 rings (SSSR count). The molecular formula is C14H23NO. The summed E-state index contributed by atoms with van der Waals surface area (Å²) in [4.78, 5) is 0. The van der Waals surface area contributed by atoms with Crippen LogP contribution in [0.15, 0.2) is 24.3 Å². The molecule has 1 aromatic carbocycles. The third kappa shape index (κ3) is 3.24. The average Bonchev–Trinajstić information content (AvgIpc) is 2.31. The van der Waals surface area contributed by atoms with Gasteiger partial charge in [0.15, 0.2) is 0 Å². The average molecular weight is 221 g/mol. The summed E-state index contributed by atoms with van der Waals surface area (Å²) in [5.74, 6) is 2.19. The molecule has 2 heteroatoms. The van der Waals surface area contributed by atoms with Crippen LogP contribution in [0.4, 0.5) is 0 Å². The van der Waals surface area contributed by atoms with Crippen LogP contribution < -0.4 is 10.1 Å². The highest BCUT2D eigenvalue weighted by molar-refractivity contribution is 5.31. The van der Waals surface area contributed by atoms with Gasteiger partial charge in [0.1, 0.15) is 5.75 Å². The molecule has 0 spiro atoms. The zero-order valence-corrected chi connectivity index (χ0v) is 10.8. The Hall–Kier alpha value is -1.02. The van der Waals surface area contributed by atoms with Crippen molar-refractivity contribution in [3.05, 3.63) is 29.8 Å². The summed E-state index contributed by atoms with van der Waals surface area (Å²) < 4.78 is 5.27. The van der Waals surface area contributed by atoms with Crippen LogP contribution in [0.5, 0.6) is 5.75 Å². The molecule has 2 unspecified atom stereocenters. The molecular weight excluding hydrogens is 198 g/mol. The van der Waals surface area contributed by atoms with E-state index in [-0.39, 0.29) is 0 Å². The summed E-state index contributed by atoms with van der Waals surface area (Å²) in [5.41, 5.74) is 1.38. The lowest BCUT2D eigenvalue weighted by atomic mass is 9.85. The monoisotopic (exact) mass is 221 g/mol. The first-order valence-corrected chi connectivity index (χ1v) is 6.01. The molecule has 0 bridgehead atoms. The largest absolute Gasteiger partial charge is 0.497 e. The van der Waals surface area contributed by atoms with E-state index in [1.54, 1.807) is 7.11 Å². The molecule has 0 aliphatic carbocycles. The molecule has 0 heterocycles. The van der Waals surface area contributed by atoms with E-state index in [9.17, 15) is 0 Å². The van der Waals surface area contributed by atoms with Crippen LogP contribution in [-0.4, -0.2) is 20.7 Å². The van der Waals surface area contributed by atoms with Gasteiger partial charge in [0, 0.05) is 0 Å². The van der Waals surface area contributed by atoms with Crippen molar-refractivity contribution in [1.29, 1.82) is 0 Å². The number of rotatable bonds is 6. The minimum absolute atomic E-state index is 0.600. The molecule has 16 heavy (non-hydrogen) atoms. The van der Waals surface area contributed by atoms with Gasteiger partial charge in [-0.05, 0) is 49.5 Å². The van der Waals surface area contributed by atoms with Crippen LogP contribution in [0.1, 0.15) is 31.7 Å². The third-order valence-corrected chi connectivity index (χ3v) is 3.17. The van der Waals surface area contributed by atoms with Crippen LogP contribution in [0, 0.1) is 5.92 Å². The molecule has 0 saturated carbocycles. The number of ether oxygens (including phenoxy) is 1. The van der Waals surface area contributed by atoms with E-state index >= 15 is 0 Å². The van der Waals surface area contributed by atoms with E-state index in [1.165, 1.54) is 5.56 Å². The first-order valence-electron chi connectivity index (χ1n) is 6.01. The molecule has 2 atom stereocenters. The predicted octanol–water partition coefficient (Wildman–Crippen LogP) is 3.04. The molecule has 0 aliphatic rings. The van der Waals surface area contributed by atoms with Crippen molar-refractivity contribution in [3.63, 3.8) is 0 Å². The Balaban J connectivity index is 2.85. The van der Waals surface area contributed by atoms with E-state index in [4.69, 9.17) is 4.74 Å². The number of methoxy groups -OCH3 is 1. The van der Waals surface area contributed by atoms with E-state index in [0.29, 0.717) is 11.8 Å². The second-order valence-electron chi connectivity index (χ2n) is 4.33. The summed E-state index contributed by atoms with van der Waals surface area (Å²) in [6.07, 6.45) is 1.16. The summed E-state index contributed by atoms with van der Waals surface area (Å²) >= 11 is 0. The highest BCUT2D eigenvalue weighted by atomic mass is 16.5. The Morgan fingerprint density at radius 2 is 2.12 bits per heavy atom. The standard InChI is InChI=1S/C14H23NO/c1-5-14(11(2)10-15-3)12-7-6-8-13(9-12)16-4/h6-9,11,14-15H,5,10H2,1-4H3. The predicted molar refractivity (Wildman–Crippen MR) is 69.1 cm³/mol. The second-order valence-corrected chi connectivity index (χ2v) is 4.33. The number of hydrogen-bond donors (Lipinski definition) is 1. The van der Waals surface area contributed by atoms with Gasteiger partial charge in [-0.15, -0.1) is 0 Å². The summed E-state index contributed by atoms with van der Waals surface area (Å²) in [7, 11) is 3.73. The normalized spacial score (nSPS) is 14.5. The number of nitrogens with one attached hydrogen (secondary N) is 1. The van der Waals surface area contributed by atoms with Gasteiger partial charge in [-0.25, -0.2) is 0 Å². The smallest absolute Gasteiger partial charge is 0.119 e. The Morgan fingerprint density at radius 1 is 1.38 bits per heavy atom. The van der Waals surface area contributed by atoms with Gasteiger partial charge in [0.05, 0.1) is 7.11 Å². The highest BCUT2D eigenvalue weighted by Gasteiger charge is 2.17. The zero-order chi connectivity index (χ0) is 12.0. The van der Waals surface area contributed by atoms with Crippen LogP contribution in [0.2, 0.25) is 0 Å². The Labute approximate surface area is 99.0 Å². The fraction of sp³-hybridized carbons (Fsp3) is 0.571. The first-order chi connectivity index (χ1) is 7.72. The minimum atomic E-state index is 0.600. The van der Waals surface area contributed by atoms with Crippen molar-refractivity contribution in [3.8, 4) is 5.75 Å². The summed E-state index contributed by atoms with van der Waals surface area (Å²) in [5, 5.41) is 3.25. The third-order valence-electron chi connectivity index (χ3n) is 3.17. The molecule has 90 valence electrons. The van der Waals surface area contributed by atoms with Crippen molar-refractivity contribution >= 4 is 0 Å². The second kappa shape index (κ2) is 6.54. The van der Waals surface area contributed by atoms with E-state index in [0.717, 1.165) is 18.7 Å². The molecule has 0 aromatic heterocycles. The summed E-state index contributed by atoms with van der Waals surface area (Å²) in [6.45, 7) is 5.59. The lowest BCUT2D eigenvalue weighted by Gasteiger charge is -2.23. The van der Waals surface area contributed by atoms with Crippen molar-refractivity contribution in [2.75, 3.05) is 20.7 Å². The topological polar surface area (TPSA) is 21.3 Å².